The van der Waals surface area contributed by atoms with Crippen LogP contribution in [-0.2, 0) is 36.2 Å². The zero-order chi connectivity index (χ0) is 40.2. The van der Waals surface area contributed by atoms with E-state index in [1.807, 2.05) is 70.6 Å². The van der Waals surface area contributed by atoms with Crippen molar-refractivity contribution in [3.63, 3.8) is 0 Å². The number of fused-ring (bicyclic) bond motifs is 2. The first kappa shape index (κ1) is 39.0. The maximum absolute atomic E-state index is 13.3. The van der Waals surface area contributed by atoms with E-state index in [2.05, 4.69) is 52.3 Å². The normalized spacial score (nSPS) is 15.0. The Bertz CT molecular complexity index is 2400. The van der Waals surface area contributed by atoms with Crippen LogP contribution in [0.3, 0.4) is 0 Å². The third-order valence-corrected chi connectivity index (χ3v) is 11.6. The Morgan fingerprint density at radius 2 is 1.55 bits per heavy atom. The number of amides is 1. The molecule has 12 heteroatoms. The number of anilines is 1. The molecule has 4 heterocycles. The van der Waals surface area contributed by atoms with Crippen LogP contribution in [0.2, 0.25) is 0 Å². The molecular weight excluding hydrogens is 733 g/mol. The van der Waals surface area contributed by atoms with Gasteiger partial charge in [0.25, 0.3) is 0 Å². The van der Waals surface area contributed by atoms with Crippen molar-refractivity contribution in [3.05, 3.63) is 108 Å². The van der Waals surface area contributed by atoms with Crippen molar-refractivity contribution in [2.45, 2.75) is 39.8 Å². The number of piperazine rings is 1. The Labute approximate surface area is 339 Å². The van der Waals surface area contributed by atoms with E-state index in [-0.39, 0.29) is 12.5 Å². The van der Waals surface area contributed by atoms with Gasteiger partial charge in [-0.3, -0.25) is 14.4 Å². The van der Waals surface area contributed by atoms with Crippen LogP contribution in [0.25, 0.3) is 32.8 Å². The minimum atomic E-state index is -0.940. The van der Waals surface area contributed by atoms with E-state index in [1.165, 1.54) is 0 Å². The number of carboxylic acids is 1. The molecule has 0 bridgehead atoms. The van der Waals surface area contributed by atoms with Crippen LogP contribution in [0.15, 0.2) is 84.9 Å². The van der Waals surface area contributed by atoms with Gasteiger partial charge in [-0.2, -0.15) is 5.10 Å². The van der Waals surface area contributed by atoms with Crippen LogP contribution >= 0.6 is 0 Å². The van der Waals surface area contributed by atoms with Crippen molar-refractivity contribution in [3.8, 4) is 22.6 Å². The molecule has 8 rings (SSSR count). The number of morpholine rings is 1. The number of carbonyl (C=O) groups excluding carboxylic acids is 1. The lowest BCUT2D eigenvalue weighted by atomic mass is 9.98. The van der Waals surface area contributed by atoms with Gasteiger partial charge in [-0.05, 0) is 61.0 Å². The molecule has 6 aromatic rings. The number of aromatic carboxylic acids is 1. The molecule has 4 aromatic carbocycles. The molecule has 12 nitrogen and oxygen atoms in total. The van der Waals surface area contributed by atoms with E-state index in [0.29, 0.717) is 51.4 Å². The molecule has 0 atom stereocenters. The molecule has 2 aliphatic rings. The summed E-state index contributed by atoms with van der Waals surface area (Å²) in [4.78, 5) is 31.6. The van der Waals surface area contributed by atoms with Gasteiger partial charge in [-0.1, -0.05) is 54.6 Å². The molecule has 0 aliphatic carbocycles. The summed E-state index contributed by atoms with van der Waals surface area (Å²) in [5.74, 6) is 0.745. The molecule has 2 aromatic heterocycles. The van der Waals surface area contributed by atoms with Gasteiger partial charge in [0.05, 0.1) is 36.7 Å². The molecule has 1 N–H and O–H groups in total. The van der Waals surface area contributed by atoms with Crippen molar-refractivity contribution in [1.82, 2.24) is 24.1 Å². The zero-order valence-corrected chi connectivity index (χ0v) is 33.7. The second kappa shape index (κ2) is 17.3. The number of para-hydroxylation sites is 1. The lowest BCUT2D eigenvalue weighted by molar-refractivity contribution is -0.129. The maximum atomic E-state index is 13.3. The van der Waals surface area contributed by atoms with E-state index in [1.54, 1.807) is 6.92 Å². The highest BCUT2D eigenvalue weighted by Gasteiger charge is 2.28. The van der Waals surface area contributed by atoms with Crippen LogP contribution in [0.4, 0.5) is 5.69 Å². The van der Waals surface area contributed by atoms with Crippen LogP contribution in [0.5, 0.6) is 11.5 Å². The summed E-state index contributed by atoms with van der Waals surface area (Å²) < 4.78 is 22.3. The van der Waals surface area contributed by atoms with Gasteiger partial charge < -0.3 is 33.7 Å². The Morgan fingerprint density at radius 3 is 2.31 bits per heavy atom. The lowest BCUT2D eigenvalue weighted by Crippen LogP contribution is -2.48. The predicted octanol–water partition coefficient (Wildman–Crippen LogP) is 6.79. The van der Waals surface area contributed by atoms with Crippen molar-refractivity contribution in [2.75, 3.05) is 70.5 Å². The summed E-state index contributed by atoms with van der Waals surface area (Å²) in [6.07, 6.45) is 1.19. The van der Waals surface area contributed by atoms with E-state index < -0.39 is 5.97 Å². The van der Waals surface area contributed by atoms with Crippen molar-refractivity contribution >= 4 is 39.2 Å². The van der Waals surface area contributed by atoms with Gasteiger partial charge in [-0.15, -0.1) is 0 Å². The molecule has 302 valence electrons. The molecule has 0 spiro atoms. The summed E-state index contributed by atoms with van der Waals surface area (Å²) in [6, 6.07) is 28.5. The van der Waals surface area contributed by atoms with Gasteiger partial charge in [0.15, 0.2) is 0 Å². The highest BCUT2D eigenvalue weighted by atomic mass is 16.5. The highest BCUT2D eigenvalue weighted by molar-refractivity contribution is 6.04. The first-order valence-corrected chi connectivity index (χ1v) is 20.3. The van der Waals surface area contributed by atoms with Gasteiger partial charge in [0, 0.05) is 93.9 Å². The number of hydrogen-bond acceptors (Lipinski definition) is 8. The molecular formula is C46H52N6O6. The van der Waals surface area contributed by atoms with Crippen molar-refractivity contribution in [1.29, 1.82) is 0 Å². The average molecular weight is 785 g/mol. The number of carboxylic acid groups (broad SMARTS) is 1. The Hall–Kier alpha value is -5.85. The van der Waals surface area contributed by atoms with Crippen molar-refractivity contribution < 1.29 is 28.9 Å². The average Bonchev–Trinajstić information content (AvgIpc) is 3.72. The van der Waals surface area contributed by atoms with E-state index in [9.17, 15) is 14.7 Å². The Morgan fingerprint density at radius 1 is 0.828 bits per heavy atom. The summed E-state index contributed by atoms with van der Waals surface area (Å²) in [7, 11) is 1.93. The Balaban J connectivity index is 1.09. The maximum Gasteiger partial charge on any atom is 0.352 e. The highest BCUT2D eigenvalue weighted by Crippen LogP contribution is 2.39. The molecule has 2 fully saturated rings. The third-order valence-electron chi connectivity index (χ3n) is 11.6. The zero-order valence-electron chi connectivity index (χ0n) is 33.7. The fourth-order valence-electron chi connectivity index (χ4n) is 8.63. The molecule has 1 amide bonds. The van der Waals surface area contributed by atoms with Crippen molar-refractivity contribution in [2.24, 2.45) is 7.05 Å². The second-order valence-corrected chi connectivity index (χ2v) is 15.2. The van der Waals surface area contributed by atoms with Crippen LogP contribution < -0.4 is 14.4 Å². The fraction of sp³-hybridized carbons (Fsp3) is 0.370. The monoisotopic (exact) mass is 784 g/mol. The Kier molecular flexibility index (Phi) is 11.7. The number of rotatable bonds is 14. The number of aryl methyl sites for hydroxylation is 3. The van der Waals surface area contributed by atoms with Crippen LogP contribution in [0, 0.1) is 6.92 Å². The van der Waals surface area contributed by atoms with E-state index in [0.717, 1.165) is 106 Å². The lowest BCUT2D eigenvalue weighted by Gasteiger charge is -2.35. The molecule has 2 aliphatic heterocycles. The third kappa shape index (κ3) is 8.12. The van der Waals surface area contributed by atoms with Gasteiger partial charge in [0.1, 0.15) is 23.8 Å². The molecule has 58 heavy (non-hydrogen) atoms. The van der Waals surface area contributed by atoms with E-state index in [4.69, 9.17) is 19.3 Å². The number of aromatic nitrogens is 3. The summed E-state index contributed by atoms with van der Waals surface area (Å²) in [6.45, 7) is 11.6. The quantitative estimate of drug-likeness (QED) is 0.119. The second-order valence-electron chi connectivity index (χ2n) is 15.2. The fourth-order valence-corrected chi connectivity index (χ4v) is 8.63. The summed E-state index contributed by atoms with van der Waals surface area (Å²) in [5.41, 5.74) is 6.75. The molecule has 2 saturated heterocycles. The number of hydrogen-bond donors (Lipinski definition) is 1. The van der Waals surface area contributed by atoms with Gasteiger partial charge in [0.2, 0.25) is 5.91 Å². The largest absolute Gasteiger partial charge is 0.493 e. The number of nitrogens with zero attached hydrogens (tertiary/aromatic N) is 6. The first-order chi connectivity index (χ1) is 28.3. The van der Waals surface area contributed by atoms with Crippen LogP contribution in [-0.4, -0.2) is 107 Å². The smallest absolute Gasteiger partial charge is 0.352 e. The summed E-state index contributed by atoms with van der Waals surface area (Å²) in [5, 5.41) is 18.9. The predicted molar refractivity (Wildman–Crippen MR) is 226 cm³/mol. The molecule has 0 saturated carbocycles. The number of ether oxygens (including phenoxy) is 3. The number of carbonyl (C=O) groups is 2. The van der Waals surface area contributed by atoms with Gasteiger partial charge in [-0.25, -0.2) is 4.79 Å². The van der Waals surface area contributed by atoms with Gasteiger partial charge >= 0.3 is 5.97 Å². The standard InChI is InChI=1S/C46H52N6O6/c1-32-43(41(48(3)47-32)31-58-36-18-16-35(17-19-36)51-23-21-50(22-24-51)33(2)53)40-13-7-12-38-39(14-8-28-57-42-15-6-10-34-9-4-5-11-37(34)42)45(46(54)55)52(44(38)40)25-20-49-26-29-56-30-27-49/h4-7,9-13,15-19H,8,14,20-31H2,1-3H3,(H,54,55). The SMILES string of the molecule is CC(=O)N1CCN(c2ccc(OCc3c(-c4cccc5c(CCCOc6cccc7ccccc67)c(C(=O)O)n(CCN6CCOCC6)c45)c(C)nn3C)cc2)CC1. The molecule has 0 radical (unpaired) electrons. The minimum Gasteiger partial charge on any atom is -0.493 e. The minimum absolute atomic E-state index is 0.118. The molecule has 0 unspecified atom stereocenters. The summed E-state index contributed by atoms with van der Waals surface area (Å²) >= 11 is 0. The first-order valence-electron chi connectivity index (χ1n) is 20.3. The topological polar surface area (TPSA) is 115 Å². The van der Waals surface area contributed by atoms with Crippen LogP contribution in [0.1, 0.15) is 40.8 Å². The van der Waals surface area contributed by atoms with E-state index >= 15 is 0 Å². The number of benzene rings is 4.